The Hall–Kier alpha value is -3.07. The Bertz CT molecular complexity index is 829. The Kier molecular flexibility index (Phi) is 8.67. The molecule has 0 spiro atoms. The van der Waals surface area contributed by atoms with Gasteiger partial charge in [-0.15, -0.1) is 0 Å². The lowest BCUT2D eigenvalue weighted by molar-refractivity contribution is -0.137. The van der Waals surface area contributed by atoms with Crippen LogP contribution < -0.4 is 15.4 Å². The number of amides is 2. The molecule has 2 aromatic rings. The van der Waals surface area contributed by atoms with Crippen molar-refractivity contribution in [2.45, 2.75) is 25.1 Å². The van der Waals surface area contributed by atoms with Crippen LogP contribution in [0.4, 0.5) is 13.2 Å². The van der Waals surface area contributed by atoms with E-state index in [1.807, 2.05) is 0 Å². The van der Waals surface area contributed by atoms with E-state index in [4.69, 9.17) is 4.74 Å². The van der Waals surface area contributed by atoms with E-state index in [-0.39, 0.29) is 37.1 Å². The summed E-state index contributed by atoms with van der Waals surface area (Å²) in [6.45, 7) is -0.0503. The second-order valence-electron chi connectivity index (χ2n) is 6.52. The molecule has 2 aromatic carbocycles. The number of carbonyl (C=O) groups is 2. The van der Waals surface area contributed by atoms with Crippen molar-refractivity contribution in [1.29, 1.82) is 0 Å². The molecule has 0 aliphatic rings. The van der Waals surface area contributed by atoms with Gasteiger partial charge in [-0.05, 0) is 36.8 Å². The Balaban J connectivity index is 1.61. The first kappa shape index (κ1) is 23.2. The maximum Gasteiger partial charge on any atom is 0.416 e. The molecule has 9 heteroatoms. The third kappa shape index (κ3) is 8.12. The average Bonchev–Trinajstić information content (AvgIpc) is 2.74. The summed E-state index contributed by atoms with van der Waals surface area (Å²) in [4.78, 5) is 23.6. The van der Waals surface area contributed by atoms with Crippen LogP contribution in [0.2, 0.25) is 0 Å². The number of carbonyl (C=O) groups excluding carboxylic acids is 2. The Morgan fingerprint density at radius 2 is 1.77 bits per heavy atom. The van der Waals surface area contributed by atoms with Crippen molar-refractivity contribution in [3.63, 3.8) is 0 Å². The lowest BCUT2D eigenvalue weighted by Crippen LogP contribution is -2.35. The molecular weight excluding hydrogens is 401 g/mol. The third-order valence-electron chi connectivity index (χ3n) is 4.04. The topological polar surface area (TPSA) is 87.7 Å². The van der Waals surface area contributed by atoms with Crippen LogP contribution in [0.1, 0.15) is 28.8 Å². The van der Waals surface area contributed by atoms with Crippen LogP contribution in [-0.2, 0) is 11.0 Å². The summed E-state index contributed by atoms with van der Waals surface area (Å²) >= 11 is 0. The smallest absolute Gasteiger partial charge is 0.416 e. The summed E-state index contributed by atoms with van der Waals surface area (Å²) in [7, 11) is 0. The molecule has 1 atom stereocenters. The van der Waals surface area contributed by atoms with Crippen LogP contribution >= 0.6 is 0 Å². The Morgan fingerprint density at radius 1 is 1.03 bits per heavy atom. The number of alkyl halides is 3. The van der Waals surface area contributed by atoms with Crippen LogP contribution in [0.5, 0.6) is 5.75 Å². The minimum Gasteiger partial charge on any atom is -0.491 e. The highest BCUT2D eigenvalue weighted by Crippen LogP contribution is 2.31. The zero-order chi connectivity index (χ0) is 22.0. The molecule has 0 saturated heterocycles. The number of benzene rings is 2. The number of rotatable bonds is 10. The monoisotopic (exact) mass is 424 g/mol. The predicted molar refractivity (Wildman–Crippen MR) is 104 cm³/mol. The number of hydrogen-bond acceptors (Lipinski definition) is 4. The van der Waals surface area contributed by atoms with Crippen LogP contribution in [-0.4, -0.2) is 42.7 Å². The molecule has 0 aliphatic carbocycles. The minimum absolute atomic E-state index is 0.0237. The highest BCUT2D eigenvalue weighted by molar-refractivity contribution is 5.94. The van der Waals surface area contributed by atoms with Crippen LogP contribution in [0.3, 0.4) is 0 Å². The van der Waals surface area contributed by atoms with Gasteiger partial charge in [0.25, 0.3) is 5.91 Å². The fraction of sp³-hybridized carbons (Fsp3) is 0.333. The molecule has 30 heavy (non-hydrogen) atoms. The number of aliphatic hydroxyl groups is 1. The van der Waals surface area contributed by atoms with Crippen LogP contribution in [0, 0.1) is 0 Å². The molecule has 0 heterocycles. The number of halogens is 3. The third-order valence-corrected chi connectivity index (χ3v) is 4.04. The van der Waals surface area contributed by atoms with Gasteiger partial charge in [-0.2, -0.15) is 13.2 Å². The summed E-state index contributed by atoms with van der Waals surface area (Å²) in [5.41, 5.74) is -0.312. The average molecular weight is 424 g/mol. The minimum atomic E-state index is -4.48. The van der Waals surface area contributed by atoms with Gasteiger partial charge in [-0.1, -0.05) is 24.3 Å². The van der Waals surface area contributed by atoms with Crippen LogP contribution in [0.25, 0.3) is 0 Å². The molecule has 0 radical (unpaired) electrons. The first-order valence-electron chi connectivity index (χ1n) is 9.34. The molecule has 162 valence electrons. The van der Waals surface area contributed by atoms with Crippen molar-refractivity contribution in [3.8, 4) is 5.75 Å². The standard InChI is InChI=1S/C21H23F3N2O4/c22-21(23,24)16-8-4-9-18(12-16)30-14-17(27)13-26-19(28)10-5-11-25-20(29)15-6-2-1-3-7-15/h1-4,6-9,12,17,27H,5,10-11,13-14H2,(H,25,29)(H,26,28). The fourth-order valence-corrected chi connectivity index (χ4v) is 2.48. The highest BCUT2D eigenvalue weighted by atomic mass is 19.4. The molecule has 1 unspecified atom stereocenters. The van der Waals surface area contributed by atoms with Gasteiger partial charge in [-0.3, -0.25) is 9.59 Å². The van der Waals surface area contributed by atoms with Gasteiger partial charge in [0.15, 0.2) is 0 Å². The van der Waals surface area contributed by atoms with Crippen molar-refractivity contribution in [1.82, 2.24) is 10.6 Å². The Labute approximate surface area is 172 Å². The molecule has 3 N–H and O–H groups in total. The molecule has 0 fully saturated rings. The molecule has 0 bridgehead atoms. The second-order valence-corrected chi connectivity index (χ2v) is 6.52. The lowest BCUT2D eigenvalue weighted by Gasteiger charge is -2.14. The molecule has 0 aromatic heterocycles. The zero-order valence-corrected chi connectivity index (χ0v) is 16.1. The van der Waals surface area contributed by atoms with Crippen molar-refractivity contribution in [2.24, 2.45) is 0 Å². The van der Waals surface area contributed by atoms with E-state index in [1.165, 1.54) is 12.1 Å². The predicted octanol–water partition coefficient (Wildman–Crippen LogP) is 2.77. The van der Waals surface area contributed by atoms with E-state index >= 15 is 0 Å². The van der Waals surface area contributed by atoms with Gasteiger partial charge in [0.2, 0.25) is 5.91 Å². The van der Waals surface area contributed by atoms with Crippen LogP contribution in [0.15, 0.2) is 54.6 Å². The highest BCUT2D eigenvalue weighted by Gasteiger charge is 2.30. The summed E-state index contributed by atoms with van der Waals surface area (Å²) in [6, 6.07) is 13.0. The lowest BCUT2D eigenvalue weighted by atomic mass is 10.2. The summed E-state index contributed by atoms with van der Waals surface area (Å²) in [5.74, 6) is -0.565. The summed E-state index contributed by atoms with van der Waals surface area (Å²) < 4.78 is 43.1. The van der Waals surface area contributed by atoms with Gasteiger partial charge in [0, 0.05) is 25.1 Å². The molecule has 2 rings (SSSR count). The van der Waals surface area contributed by atoms with E-state index in [9.17, 15) is 27.9 Å². The SMILES string of the molecule is O=C(CCCNC(=O)c1ccccc1)NCC(O)COc1cccc(C(F)(F)F)c1. The first-order valence-corrected chi connectivity index (χ1v) is 9.34. The summed E-state index contributed by atoms with van der Waals surface area (Å²) in [6.07, 6.45) is -4.99. The number of ether oxygens (including phenoxy) is 1. The largest absolute Gasteiger partial charge is 0.491 e. The van der Waals surface area contributed by atoms with E-state index in [0.29, 0.717) is 18.5 Å². The van der Waals surface area contributed by atoms with Gasteiger partial charge >= 0.3 is 6.18 Å². The van der Waals surface area contributed by atoms with E-state index in [2.05, 4.69) is 10.6 Å². The molecular formula is C21H23F3N2O4. The number of hydrogen-bond donors (Lipinski definition) is 3. The summed E-state index contributed by atoms with van der Waals surface area (Å²) in [5, 5.41) is 15.1. The molecule has 0 saturated carbocycles. The fourth-order valence-electron chi connectivity index (χ4n) is 2.48. The van der Waals surface area contributed by atoms with E-state index in [0.717, 1.165) is 12.1 Å². The van der Waals surface area contributed by atoms with Gasteiger partial charge < -0.3 is 20.5 Å². The Morgan fingerprint density at radius 3 is 2.47 bits per heavy atom. The maximum absolute atomic E-state index is 12.7. The normalized spacial score (nSPS) is 12.1. The second kappa shape index (κ2) is 11.2. The van der Waals surface area contributed by atoms with Crippen molar-refractivity contribution in [2.75, 3.05) is 19.7 Å². The number of nitrogens with one attached hydrogen (secondary N) is 2. The van der Waals surface area contributed by atoms with Crippen molar-refractivity contribution >= 4 is 11.8 Å². The van der Waals surface area contributed by atoms with Gasteiger partial charge in [0.1, 0.15) is 18.5 Å². The molecule has 2 amide bonds. The molecule has 0 aliphatic heterocycles. The zero-order valence-electron chi connectivity index (χ0n) is 16.1. The van der Waals surface area contributed by atoms with E-state index in [1.54, 1.807) is 30.3 Å². The maximum atomic E-state index is 12.7. The molecule has 6 nitrogen and oxygen atoms in total. The van der Waals surface area contributed by atoms with Crippen molar-refractivity contribution in [3.05, 3.63) is 65.7 Å². The first-order chi connectivity index (χ1) is 14.3. The van der Waals surface area contributed by atoms with Gasteiger partial charge in [-0.25, -0.2) is 0 Å². The number of aliphatic hydroxyl groups excluding tert-OH is 1. The van der Waals surface area contributed by atoms with Crippen molar-refractivity contribution < 1.29 is 32.6 Å². The van der Waals surface area contributed by atoms with E-state index < -0.39 is 17.8 Å². The van der Waals surface area contributed by atoms with Gasteiger partial charge in [0.05, 0.1) is 5.56 Å². The quantitative estimate of drug-likeness (QED) is 0.512.